The van der Waals surface area contributed by atoms with Crippen molar-refractivity contribution in [3.63, 3.8) is 0 Å². The zero-order valence-corrected chi connectivity index (χ0v) is 14.2. The Bertz CT molecular complexity index is 838. The Morgan fingerprint density at radius 2 is 1.96 bits per heavy atom. The standard InChI is InChI=1S/C19H22N2O3/c1-4-21(5-2)13-9-10-14(16(12-13)23-6-3)18-17-15(19(22)24-18)8-7-11-20-17/h7-12,22H,4-6H2,1-3H3. The minimum Gasteiger partial charge on any atom is -0.493 e. The van der Waals surface area contributed by atoms with E-state index in [1.165, 1.54) is 0 Å². The lowest BCUT2D eigenvalue weighted by Gasteiger charge is -2.22. The molecule has 24 heavy (non-hydrogen) atoms. The molecule has 0 aliphatic heterocycles. The van der Waals surface area contributed by atoms with Crippen LogP contribution in [0.2, 0.25) is 0 Å². The van der Waals surface area contributed by atoms with Crippen molar-refractivity contribution in [3.8, 4) is 23.0 Å². The molecule has 2 heterocycles. The maximum atomic E-state index is 10.0. The summed E-state index contributed by atoms with van der Waals surface area (Å²) in [5, 5.41) is 10.6. The molecule has 0 saturated carbocycles. The van der Waals surface area contributed by atoms with Gasteiger partial charge in [-0.1, -0.05) is 0 Å². The van der Waals surface area contributed by atoms with E-state index in [9.17, 15) is 5.11 Å². The SMILES string of the molecule is CCOc1cc(N(CC)CC)ccc1-c1oc(O)c2cccnc12. The number of benzene rings is 1. The zero-order valence-electron chi connectivity index (χ0n) is 14.2. The maximum absolute atomic E-state index is 10.0. The molecule has 1 aromatic carbocycles. The van der Waals surface area contributed by atoms with Gasteiger partial charge in [-0.2, -0.15) is 0 Å². The topological polar surface area (TPSA) is 58.7 Å². The van der Waals surface area contributed by atoms with Gasteiger partial charge in [0, 0.05) is 31.0 Å². The van der Waals surface area contributed by atoms with Gasteiger partial charge in [0.05, 0.1) is 17.6 Å². The Balaban J connectivity index is 2.15. The predicted molar refractivity (Wildman–Crippen MR) is 95.8 cm³/mol. The summed E-state index contributed by atoms with van der Waals surface area (Å²) in [5.41, 5.74) is 2.52. The van der Waals surface area contributed by atoms with Crippen LogP contribution < -0.4 is 9.64 Å². The average Bonchev–Trinajstić information content (AvgIpc) is 2.94. The molecule has 0 aliphatic rings. The van der Waals surface area contributed by atoms with Crippen LogP contribution in [-0.4, -0.2) is 29.8 Å². The summed E-state index contributed by atoms with van der Waals surface area (Å²) in [6, 6.07) is 9.58. The van der Waals surface area contributed by atoms with Crippen molar-refractivity contribution >= 4 is 16.6 Å². The highest BCUT2D eigenvalue weighted by Gasteiger charge is 2.19. The maximum Gasteiger partial charge on any atom is 0.292 e. The first-order valence-electron chi connectivity index (χ1n) is 8.28. The predicted octanol–water partition coefficient (Wildman–Crippen LogP) is 4.45. The van der Waals surface area contributed by atoms with Crippen molar-refractivity contribution in [2.75, 3.05) is 24.6 Å². The molecule has 5 heteroatoms. The summed E-state index contributed by atoms with van der Waals surface area (Å²) >= 11 is 0. The van der Waals surface area contributed by atoms with Crippen LogP contribution in [0.3, 0.4) is 0 Å². The number of fused-ring (bicyclic) bond motifs is 1. The quantitative estimate of drug-likeness (QED) is 0.725. The smallest absolute Gasteiger partial charge is 0.292 e. The first-order valence-corrected chi connectivity index (χ1v) is 8.28. The molecule has 0 amide bonds. The van der Waals surface area contributed by atoms with E-state index in [0.29, 0.717) is 23.3 Å². The molecule has 0 unspecified atom stereocenters. The number of nitrogens with zero attached hydrogens (tertiary/aromatic N) is 2. The highest BCUT2D eigenvalue weighted by atomic mass is 16.5. The van der Waals surface area contributed by atoms with Gasteiger partial charge >= 0.3 is 0 Å². The molecule has 0 bridgehead atoms. The molecule has 0 aliphatic carbocycles. The van der Waals surface area contributed by atoms with Gasteiger partial charge in [0.15, 0.2) is 5.76 Å². The molecule has 126 valence electrons. The van der Waals surface area contributed by atoms with Crippen LogP contribution in [0, 0.1) is 0 Å². The molecular weight excluding hydrogens is 304 g/mol. The lowest BCUT2D eigenvalue weighted by molar-refractivity contribution is 0.333. The summed E-state index contributed by atoms with van der Waals surface area (Å²) in [6.07, 6.45) is 1.69. The minimum absolute atomic E-state index is 0.122. The van der Waals surface area contributed by atoms with Crippen LogP contribution in [0.4, 0.5) is 5.69 Å². The van der Waals surface area contributed by atoms with E-state index in [1.54, 1.807) is 18.3 Å². The van der Waals surface area contributed by atoms with E-state index >= 15 is 0 Å². The molecule has 0 atom stereocenters. The lowest BCUT2D eigenvalue weighted by Crippen LogP contribution is -2.21. The van der Waals surface area contributed by atoms with Crippen molar-refractivity contribution in [1.29, 1.82) is 0 Å². The Morgan fingerprint density at radius 1 is 1.17 bits per heavy atom. The fourth-order valence-corrected chi connectivity index (χ4v) is 2.90. The van der Waals surface area contributed by atoms with E-state index in [1.807, 2.05) is 25.1 Å². The summed E-state index contributed by atoms with van der Waals surface area (Å²) < 4.78 is 11.4. The van der Waals surface area contributed by atoms with E-state index < -0.39 is 0 Å². The largest absolute Gasteiger partial charge is 0.493 e. The Morgan fingerprint density at radius 3 is 2.67 bits per heavy atom. The average molecular weight is 326 g/mol. The summed E-state index contributed by atoms with van der Waals surface area (Å²) in [7, 11) is 0. The van der Waals surface area contributed by atoms with E-state index in [0.717, 1.165) is 30.1 Å². The van der Waals surface area contributed by atoms with E-state index in [4.69, 9.17) is 9.15 Å². The second kappa shape index (κ2) is 6.83. The lowest BCUT2D eigenvalue weighted by atomic mass is 10.1. The number of aromatic nitrogens is 1. The van der Waals surface area contributed by atoms with Gasteiger partial charge in [-0.15, -0.1) is 0 Å². The third kappa shape index (κ3) is 2.77. The molecule has 0 saturated heterocycles. The number of hydrogen-bond donors (Lipinski definition) is 1. The molecule has 5 nitrogen and oxygen atoms in total. The van der Waals surface area contributed by atoms with Gasteiger partial charge in [0.1, 0.15) is 11.3 Å². The first-order chi connectivity index (χ1) is 11.7. The zero-order chi connectivity index (χ0) is 17.1. The van der Waals surface area contributed by atoms with Crippen molar-refractivity contribution < 1.29 is 14.3 Å². The molecule has 3 rings (SSSR count). The number of aromatic hydroxyl groups is 1. The van der Waals surface area contributed by atoms with Gasteiger partial charge in [0.25, 0.3) is 5.95 Å². The molecule has 2 aromatic heterocycles. The molecule has 1 N–H and O–H groups in total. The molecule has 3 aromatic rings. The monoisotopic (exact) mass is 326 g/mol. The fourth-order valence-electron chi connectivity index (χ4n) is 2.90. The van der Waals surface area contributed by atoms with Gasteiger partial charge in [-0.25, -0.2) is 0 Å². The Labute approximate surface area is 141 Å². The number of furan rings is 1. The second-order valence-electron chi connectivity index (χ2n) is 5.42. The molecular formula is C19H22N2O3. The van der Waals surface area contributed by atoms with Crippen LogP contribution >= 0.6 is 0 Å². The fraction of sp³-hybridized carbons (Fsp3) is 0.316. The number of anilines is 1. The van der Waals surface area contributed by atoms with Gasteiger partial charge in [-0.05, 0) is 45.0 Å². The van der Waals surface area contributed by atoms with Crippen molar-refractivity contribution in [3.05, 3.63) is 36.5 Å². The summed E-state index contributed by atoms with van der Waals surface area (Å²) in [4.78, 5) is 6.60. The van der Waals surface area contributed by atoms with Gasteiger partial charge in [0.2, 0.25) is 0 Å². The Hall–Kier alpha value is -2.69. The van der Waals surface area contributed by atoms with Crippen molar-refractivity contribution in [1.82, 2.24) is 4.98 Å². The summed E-state index contributed by atoms with van der Waals surface area (Å²) in [6.45, 7) is 8.59. The highest BCUT2D eigenvalue weighted by Crippen LogP contribution is 2.41. The molecule has 0 fully saturated rings. The van der Waals surface area contributed by atoms with E-state index in [-0.39, 0.29) is 5.95 Å². The molecule has 0 radical (unpaired) electrons. The number of hydrogen-bond acceptors (Lipinski definition) is 5. The normalized spacial score (nSPS) is 11.0. The minimum atomic E-state index is -0.122. The third-order valence-electron chi connectivity index (χ3n) is 4.09. The van der Waals surface area contributed by atoms with Crippen LogP contribution in [0.5, 0.6) is 11.7 Å². The summed E-state index contributed by atoms with van der Waals surface area (Å²) in [5.74, 6) is 1.13. The molecule has 0 spiro atoms. The third-order valence-corrected chi connectivity index (χ3v) is 4.09. The van der Waals surface area contributed by atoms with E-state index in [2.05, 4.69) is 23.7 Å². The number of rotatable bonds is 6. The van der Waals surface area contributed by atoms with Crippen LogP contribution in [-0.2, 0) is 0 Å². The van der Waals surface area contributed by atoms with Crippen molar-refractivity contribution in [2.45, 2.75) is 20.8 Å². The van der Waals surface area contributed by atoms with Gasteiger partial charge in [-0.3, -0.25) is 4.98 Å². The van der Waals surface area contributed by atoms with Crippen LogP contribution in [0.25, 0.3) is 22.2 Å². The van der Waals surface area contributed by atoms with Crippen LogP contribution in [0.15, 0.2) is 40.9 Å². The van der Waals surface area contributed by atoms with Crippen molar-refractivity contribution in [2.24, 2.45) is 0 Å². The van der Waals surface area contributed by atoms with Gasteiger partial charge < -0.3 is 19.2 Å². The number of pyridine rings is 1. The first kappa shape index (κ1) is 16.2. The van der Waals surface area contributed by atoms with Crippen LogP contribution in [0.1, 0.15) is 20.8 Å². The second-order valence-corrected chi connectivity index (χ2v) is 5.42. The number of ether oxygens (including phenoxy) is 1. The Kier molecular flexibility index (Phi) is 4.60. The highest BCUT2D eigenvalue weighted by molar-refractivity contribution is 5.95.